The maximum Gasteiger partial charge on any atom is 0.191 e. The van der Waals surface area contributed by atoms with Gasteiger partial charge in [0.2, 0.25) is 0 Å². The van der Waals surface area contributed by atoms with Gasteiger partial charge in [-0.3, -0.25) is 9.89 Å². The van der Waals surface area contributed by atoms with Gasteiger partial charge in [-0.05, 0) is 55.4 Å². The maximum absolute atomic E-state index is 13.3. The van der Waals surface area contributed by atoms with Gasteiger partial charge in [-0.2, -0.15) is 0 Å². The number of hydrogen-bond donors (Lipinski definition) is 2. The summed E-state index contributed by atoms with van der Waals surface area (Å²) >= 11 is 0. The highest BCUT2D eigenvalue weighted by molar-refractivity contribution is 14.0. The molecule has 1 aliphatic rings. The molecule has 0 unspecified atom stereocenters. The highest BCUT2D eigenvalue weighted by Crippen LogP contribution is 2.10. The van der Waals surface area contributed by atoms with E-state index in [1.807, 2.05) is 6.07 Å². The molecule has 164 valence electrons. The molecule has 2 aromatic carbocycles. The molecule has 3 rings (SSSR count). The summed E-state index contributed by atoms with van der Waals surface area (Å²) < 4.78 is 13.3. The van der Waals surface area contributed by atoms with Crippen molar-refractivity contribution in [2.75, 3.05) is 40.3 Å². The second-order valence-corrected chi connectivity index (χ2v) is 7.66. The summed E-state index contributed by atoms with van der Waals surface area (Å²) in [5.41, 5.74) is 3.45. The molecule has 0 radical (unpaired) electrons. The summed E-state index contributed by atoms with van der Waals surface area (Å²) in [7, 11) is 3.94. The maximum atomic E-state index is 13.3. The second-order valence-electron chi connectivity index (χ2n) is 7.66. The van der Waals surface area contributed by atoms with E-state index in [0.717, 1.165) is 25.2 Å². The number of aliphatic imine (C=N–C) groups is 1. The molecule has 2 aromatic rings. The largest absolute Gasteiger partial charge is 0.352 e. The zero-order valence-electron chi connectivity index (χ0n) is 17.9. The molecule has 1 aliphatic heterocycles. The number of hydrogen-bond acceptors (Lipinski definition) is 3. The summed E-state index contributed by atoms with van der Waals surface area (Å²) in [4.78, 5) is 9.18. The van der Waals surface area contributed by atoms with Gasteiger partial charge in [-0.15, -0.1) is 24.0 Å². The van der Waals surface area contributed by atoms with Crippen molar-refractivity contribution in [2.24, 2.45) is 4.99 Å². The molecule has 2 N–H and O–H groups in total. The first-order valence-electron chi connectivity index (χ1n) is 10.3. The second kappa shape index (κ2) is 12.9. The predicted molar refractivity (Wildman–Crippen MR) is 133 cm³/mol. The van der Waals surface area contributed by atoms with E-state index in [2.05, 4.69) is 56.7 Å². The van der Waals surface area contributed by atoms with Crippen molar-refractivity contribution in [2.45, 2.75) is 26.1 Å². The van der Waals surface area contributed by atoms with Crippen LogP contribution in [0.5, 0.6) is 0 Å². The fourth-order valence-corrected chi connectivity index (χ4v) is 3.52. The highest BCUT2D eigenvalue weighted by atomic mass is 127. The Balaban J connectivity index is 0.00000320. The van der Waals surface area contributed by atoms with Gasteiger partial charge >= 0.3 is 0 Å². The summed E-state index contributed by atoms with van der Waals surface area (Å²) in [6.07, 6.45) is 1.24. The molecule has 0 aliphatic carbocycles. The van der Waals surface area contributed by atoms with Crippen LogP contribution in [0.3, 0.4) is 0 Å². The van der Waals surface area contributed by atoms with Gasteiger partial charge in [0.1, 0.15) is 5.82 Å². The standard InChI is InChI=1S/C23H32FN5.HI/c1-25-23(27-17-21-5-3-6-22(24)15-21)26-16-19-7-9-20(10-8-19)18-29-12-4-11-28(2)13-14-29;/h3,5-10,15H,4,11-14,16-18H2,1-2H3,(H2,25,26,27);1H. The van der Waals surface area contributed by atoms with E-state index in [1.165, 1.54) is 42.8 Å². The van der Waals surface area contributed by atoms with Crippen molar-refractivity contribution in [3.05, 3.63) is 71.0 Å². The Bertz CT molecular complexity index is 796. The fourth-order valence-electron chi connectivity index (χ4n) is 3.52. The van der Waals surface area contributed by atoms with Crippen molar-refractivity contribution >= 4 is 29.9 Å². The van der Waals surface area contributed by atoms with Crippen LogP contribution < -0.4 is 10.6 Å². The fraction of sp³-hybridized carbons (Fsp3) is 0.435. The van der Waals surface area contributed by atoms with Gasteiger partial charge in [0.15, 0.2) is 5.96 Å². The molecular weight excluding hydrogens is 492 g/mol. The predicted octanol–water partition coefficient (Wildman–Crippen LogP) is 3.45. The third-order valence-corrected chi connectivity index (χ3v) is 5.27. The molecule has 0 atom stereocenters. The molecule has 30 heavy (non-hydrogen) atoms. The Hall–Kier alpha value is -1.71. The van der Waals surface area contributed by atoms with Crippen molar-refractivity contribution < 1.29 is 4.39 Å². The quantitative estimate of drug-likeness (QED) is 0.345. The van der Waals surface area contributed by atoms with Gasteiger partial charge in [0.25, 0.3) is 0 Å². The van der Waals surface area contributed by atoms with Crippen LogP contribution in [0.2, 0.25) is 0 Å². The van der Waals surface area contributed by atoms with Crippen LogP contribution in [0.25, 0.3) is 0 Å². The molecule has 1 saturated heterocycles. The SMILES string of the molecule is CN=C(NCc1ccc(CN2CCCN(C)CC2)cc1)NCc1cccc(F)c1.I. The first kappa shape index (κ1) is 24.6. The Morgan fingerprint density at radius 2 is 1.63 bits per heavy atom. The van der Waals surface area contributed by atoms with E-state index in [0.29, 0.717) is 19.0 Å². The van der Waals surface area contributed by atoms with Crippen molar-refractivity contribution in [1.82, 2.24) is 20.4 Å². The molecule has 0 aromatic heterocycles. The number of nitrogens with zero attached hydrogens (tertiary/aromatic N) is 3. The third-order valence-electron chi connectivity index (χ3n) is 5.27. The van der Waals surface area contributed by atoms with Crippen LogP contribution in [0.4, 0.5) is 4.39 Å². The van der Waals surface area contributed by atoms with E-state index >= 15 is 0 Å². The molecule has 1 heterocycles. The van der Waals surface area contributed by atoms with E-state index in [9.17, 15) is 4.39 Å². The molecule has 7 heteroatoms. The first-order chi connectivity index (χ1) is 14.1. The molecule has 5 nitrogen and oxygen atoms in total. The lowest BCUT2D eigenvalue weighted by Crippen LogP contribution is -2.36. The summed E-state index contributed by atoms with van der Waals surface area (Å²) in [5, 5.41) is 6.53. The Morgan fingerprint density at radius 3 is 2.33 bits per heavy atom. The van der Waals surface area contributed by atoms with Crippen LogP contribution in [0.15, 0.2) is 53.5 Å². The molecule has 0 amide bonds. The van der Waals surface area contributed by atoms with Gasteiger partial charge in [-0.1, -0.05) is 36.4 Å². The Kier molecular flexibility index (Phi) is 10.5. The van der Waals surface area contributed by atoms with Gasteiger partial charge in [0, 0.05) is 39.8 Å². The minimum absolute atomic E-state index is 0. The highest BCUT2D eigenvalue weighted by Gasteiger charge is 2.12. The third kappa shape index (κ3) is 8.20. The van der Waals surface area contributed by atoms with Crippen LogP contribution >= 0.6 is 24.0 Å². The zero-order valence-corrected chi connectivity index (χ0v) is 20.2. The van der Waals surface area contributed by atoms with Crippen molar-refractivity contribution in [1.29, 1.82) is 0 Å². The van der Waals surface area contributed by atoms with Crippen LogP contribution in [-0.2, 0) is 19.6 Å². The van der Waals surface area contributed by atoms with Crippen LogP contribution in [0.1, 0.15) is 23.1 Å². The Labute approximate surface area is 196 Å². The molecular formula is C23H33FIN5. The number of benzene rings is 2. The lowest BCUT2D eigenvalue weighted by Gasteiger charge is -2.20. The van der Waals surface area contributed by atoms with Gasteiger partial charge in [-0.25, -0.2) is 4.39 Å². The van der Waals surface area contributed by atoms with Crippen LogP contribution in [-0.4, -0.2) is 56.0 Å². The van der Waals surface area contributed by atoms with Crippen molar-refractivity contribution in [3.8, 4) is 0 Å². The minimum Gasteiger partial charge on any atom is -0.352 e. The number of halogens is 2. The van der Waals surface area contributed by atoms with Gasteiger partial charge < -0.3 is 15.5 Å². The first-order valence-corrected chi connectivity index (χ1v) is 10.3. The number of guanidine groups is 1. The summed E-state index contributed by atoms with van der Waals surface area (Å²) in [6, 6.07) is 15.4. The Morgan fingerprint density at radius 1 is 0.933 bits per heavy atom. The van der Waals surface area contributed by atoms with Gasteiger partial charge in [0.05, 0.1) is 0 Å². The normalized spacial score (nSPS) is 15.9. The number of likely N-dealkylation sites (N-methyl/N-ethyl adjacent to an activating group) is 1. The monoisotopic (exact) mass is 525 g/mol. The lowest BCUT2D eigenvalue weighted by molar-refractivity contribution is 0.269. The summed E-state index contributed by atoms with van der Waals surface area (Å²) in [6.45, 7) is 6.87. The molecule has 1 fully saturated rings. The molecule has 0 saturated carbocycles. The zero-order chi connectivity index (χ0) is 20.5. The minimum atomic E-state index is -0.223. The lowest BCUT2D eigenvalue weighted by atomic mass is 10.1. The molecule has 0 spiro atoms. The summed E-state index contributed by atoms with van der Waals surface area (Å²) in [5.74, 6) is 0.478. The average Bonchev–Trinajstić information content (AvgIpc) is 2.93. The van der Waals surface area contributed by atoms with E-state index < -0.39 is 0 Å². The van der Waals surface area contributed by atoms with E-state index in [1.54, 1.807) is 13.1 Å². The topological polar surface area (TPSA) is 42.9 Å². The van der Waals surface area contributed by atoms with E-state index in [-0.39, 0.29) is 29.8 Å². The molecule has 0 bridgehead atoms. The number of rotatable bonds is 6. The van der Waals surface area contributed by atoms with Crippen LogP contribution in [0, 0.1) is 5.82 Å². The van der Waals surface area contributed by atoms with E-state index in [4.69, 9.17) is 0 Å². The van der Waals surface area contributed by atoms with Crippen molar-refractivity contribution in [3.63, 3.8) is 0 Å². The smallest absolute Gasteiger partial charge is 0.191 e. The average molecular weight is 525 g/mol. The number of nitrogens with one attached hydrogen (secondary N) is 2.